The number of hydrogen-bond acceptors (Lipinski definition) is 3. The predicted molar refractivity (Wildman–Crippen MR) is 68.6 cm³/mol. The monoisotopic (exact) mass is 270 g/mol. The molecule has 6 nitrogen and oxygen atoms in total. The third kappa shape index (κ3) is 3.37. The number of fused-ring (bicyclic) bond motifs is 1. The summed E-state index contributed by atoms with van der Waals surface area (Å²) in [5.74, 6) is -0.269. The fraction of sp³-hybridized carbons (Fsp3) is 0.846. The molecule has 1 aliphatic heterocycles. The van der Waals surface area contributed by atoms with Crippen LogP contribution in [-0.4, -0.2) is 52.9 Å². The molecular formula is C13H22N2O4. The molecule has 0 radical (unpaired) electrons. The summed E-state index contributed by atoms with van der Waals surface area (Å²) in [5, 5.41) is 21.2. The van der Waals surface area contributed by atoms with Crippen LogP contribution >= 0.6 is 0 Å². The van der Waals surface area contributed by atoms with Gasteiger partial charge in [0.2, 0.25) is 0 Å². The van der Waals surface area contributed by atoms with Crippen molar-refractivity contribution in [1.29, 1.82) is 0 Å². The number of rotatable bonds is 4. The molecule has 19 heavy (non-hydrogen) atoms. The van der Waals surface area contributed by atoms with Crippen LogP contribution in [0, 0.1) is 17.8 Å². The Morgan fingerprint density at radius 2 is 2.11 bits per heavy atom. The van der Waals surface area contributed by atoms with Gasteiger partial charge in [0.05, 0.1) is 6.10 Å². The topological polar surface area (TPSA) is 89.9 Å². The summed E-state index contributed by atoms with van der Waals surface area (Å²) < 4.78 is 0. The summed E-state index contributed by atoms with van der Waals surface area (Å²) >= 11 is 0. The molecular weight excluding hydrogens is 248 g/mol. The zero-order valence-electron chi connectivity index (χ0n) is 11.2. The first-order chi connectivity index (χ1) is 8.97. The second kappa shape index (κ2) is 5.77. The average molecular weight is 270 g/mol. The molecule has 108 valence electrons. The number of hydrogen-bond donors (Lipinski definition) is 3. The lowest BCUT2D eigenvalue weighted by atomic mass is 10.00. The zero-order valence-corrected chi connectivity index (χ0v) is 11.2. The van der Waals surface area contributed by atoms with Crippen LogP contribution in [0.5, 0.6) is 0 Å². The molecule has 0 bridgehead atoms. The Balaban J connectivity index is 1.74. The number of carbonyl (C=O) groups excluding carboxylic acids is 1. The van der Waals surface area contributed by atoms with E-state index in [9.17, 15) is 14.7 Å². The lowest BCUT2D eigenvalue weighted by Gasteiger charge is -2.20. The van der Waals surface area contributed by atoms with Crippen molar-refractivity contribution in [2.24, 2.45) is 17.8 Å². The summed E-state index contributed by atoms with van der Waals surface area (Å²) in [4.78, 5) is 24.2. The van der Waals surface area contributed by atoms with Gasteiger partial charge in [0.1, 0.15) is 0 Å². The maximum absolute atomic E-state index is 12.0. The number of nitrogens with one attached hydrogen (secondary N) is 1. The third-order valence-electron chi connectivity index (χ3n) is 4.23. The number of urea groups is 1. The second-order valence-corrected chi connectivity index (χ2v) is 5.86. The van der Waals surface area contributed by atoms with E-state index in [0.717, 1.165) is 12.8 Å². The molecule has 0 aromatic carbocycles. The van der Waals surface area contributed by atoms with E-state index in [2.05, 4.69) is 5.32 Å². The summed E-state index contributed by atoms with van der Waals surface area (Å²) in [6.45, 7) is 3.50. The van der Waals surface area contributed by atoms with Crippen molar-refractivity contribution in [3.8, 4) is 0 Å². The molecule has 3 N–H and O–H groups in total. The minimum atomic E-state index is -0.847. The highest BCUT2D eigenvalue weighted by molar-refractivity contribution is 5.74. The number of amides is 2. The van der Waals surface area contributed by atoms with Gasteiger partial charge in [-0.3, -0.25) is 4.79 Å². The lowest BCUT2D eigenvalue weighted by Crippen LogP contribution is -2.41. The van der Waals surface area contributed by atoms with Gasteiger partial charge < -0.3 is 20.4 Å². The van der Waals surface area contributed by atoms with Crippen LogP contribution in [0.4, 0.5) is 4.79 Å². The molecule has 2 rings (SSSR count). The number of carbonyl (C=O) groups is 2. The van der Waals surface area contributed by atoms with Gasteiger partial charge in [0.15, 0.2) is 0 Å². The van der Waals surface area contributed by atoms with Crippen LogP contribution in [0.1, 0.15) is 26.2 Å². The van der Waals surface area contributed by atoms with Gasteiger partial charge in [-0.15, -0.1) is 0 Å². The number of carboxylic acids is 1. The summed E-state index contributed by atoms with van der Waals surface area (Å²) in [6, 6.07) is -0.140. The second-order valence-electron chi connectivity index (χ2n) is 5.86. The number of aliphatic carboxylic acids is 1. The first-order valence-corrected chi connectivity index (χ1v) is 6.90. The Morgan fingerprint density at radius 1 is 1.37 bits per heavy atom. The van der Waals surface area contributed by atoms with Crippen LogP contribution in [-0.2, 0) is 4.79 Å². The molecule has 1 heterocycles. The number of carboxylic acid groups (broad SMARTS) is 1. The predicted octanol–water partition coefficient (Wildman–Crippen LogP) is 0.509. The highest BCUT2D eigenvalue weighted by atomic mass is 16.4. The standard InChI is InChI=1S/C13H22N2O4/c1-8(4-12(17)18)5-14-13(19)15-6-9-2-3-11(16)10(9)7-15/h8-11,16H,2-7H2,1H3,(H,14,19)(H,17,18). The van der Waals surface area contributed by atoms with E-state index < -0.39 is 5.97 Å². The molecule has 1 saturated carbocycles. The molecule has 1 saturated heterocycles. The van der Waals surface area contributed by atoms with Gasteiger partial charge in [0, 0.05) is 32.0 Å². The molecule has 2 fully saturated rings. The van der Waals surface area contributed by atoms with E-state index in [0.29, 0.717) is 25.6 Å². The normalized spacial score (nSPS) is 31.1. The van der Waals surface area contributed by atoms with Crippen LogP contribution in [0.25, 0.3) is 0 Å². The third-order valence-corrected chi connectivity index (χ3v) is 4.23. The Labute approximate surface area is 112 Å². The Bertz CT molecular complexity index is 361. The molecule has 2 aliphatic rings. The van der Waals surface area contributed by atoms with E-state index in [-0.39, 0.29) is 30.4 Å². The van der Waals surface area contributed by atoms with Crippen LogP contribution in [0.2, 0.25) is 0 Å². The molecule has 0 spiro atoms. The van der Waals surface area contributed by atoms with E-state index in [1.165, 1.54) is 0 Å². The maximum atomic E-state index is 12.0. The van der Waals surface area contributed by atoms with E-state index in [4.69, 9.17) is 5.11 Å². The Hall–Kier alpha value is -1.30. The minimum Gasteiger partial charge on any atom is -0.481 e. The quantitative estimate of drug-likeness (QED) is 0.694. The van der Waals surface area contributed by atoms with Crippen molar-refractivity contribution in [1.82, 2.24) is 10.2 Å². The number of aliphatic hydroxyl groups excluding tert-OH is 1. The van der Waals surface area contributed by atoms with Crippen molar-refractivity contribution in [3.63, 3.8) is 0 Å². The molecule has 0 aromatic heterocycles. The zero-order chi connectivity index (χ0) is 14.0. The Kier molecular flexibility index (Phi) is 4.29. The molecule has 0 aromatic rings. The van der Waals surface area contributed by atoms with Crippen molar-refractivity contribution < 1.29 is 19.8 Å². The van der Waals surface area contributed by atoms with Crippen molar-refractivity contribution >= 4 is 12.0 Å². The first kappa shape index (κ1) is 14.1. The van der Waals surface area contributed by atoms with Gasteiger partial charge >= 0.3 is 12.0 Å². The number of nitrogens with zero attached hydrogens (tertiary/aromatic N) is 1. The molecule has 4 unspecified atom stereocenters. The number of likely N-dealkylation sites (tertiary alicyclic amines) is 1. The van der Waals surface area contributed by atoms with Crippen LogP contribution < -0.4 is 5.32 Å². The first-order valence-electron chi connectivity index (χ1n) is 6.90. The van der Waals surface area contributed by atoms with Crippen molar-refractivity contribution in [2.75, 3.05) is 19.6 Å². The molecule has 2 amide bonds. The van der Waals surface area contributed by atoms with Gasteiger partial charge in [-0.1, -0.05) is 6.92 Å². The minimum absolute atomic E-state index is 0.0598. The van der Waals surface area contributed by atoms with Gasteiger partial charge in [-0.25, -0.2) is 4.79 Å². The average Bonchev–Trinajstić information content (AvgIpc) is 2.88. The van der Waals surface area contributed by atoms with E-state index in [1.807, 2.05) is 0 Å². The van der Waals surface area contributed by atoms with Gasteiger partial charge in [-0.2, -0.15) is 0 Å². The van der Waals surface area contributed by atoms with Gasteiger partial charge in [-0.05, 0) is 24.7 Å². The lowest BCUT2D eigenvalue weighted by molar-refractivity contribution is -0.137. The molecule has 1 aliphatic carbocycles. The van der Waals surface area contributed by atoms with E-state index in [1.54, 1.807) is 11.8 Å². The smallest absolute Gasteiger partial charge is 0.317 e. The summed E-state index contributed by atoms with van der Waals surface area (Å²) in [5.41, 5.74) is 0. The SMILES string of the molecule is CC(CNC(=O)N1CC2CCC(O)C2C1)CC(=O)O. The van der Waals surface area contributed by atoms with Gasteiger partial charge in [0.25, 0.3) is 0 Å². The van der Waals surface area contributed by atoms with Crippen LogP contribution in [0.15, 0.2) is 0 Å². The van der Waals surface area contributed by atoms with E-state index >= 15 is 0 Å². The molecule has 4 atom stereocenters. The van der Waals surface area contributed by atoms with Crippen molar-refractivity contribution in [3.05, 3.63) is 0 Å². The highest BCUT2D eigenvalue weighted by Gasteiger charge is 2.43. The molecule has 6 heteroatoms. The maximum Gasteiger partial charge on any atom is 0.317 e. The largest absolute Gasteiger partial charge is 0.481 e. The number of aliphatic hydroxyl groups is 1. The Morgan fingerprint density at radius 3 is 2.74 bits per heavy atom. The summed E-state index contributed by atoms with van der Waals surface area (Å²) in [7, 11) is 0. The van der Waals surface area contributed by atoms with Crippen LogP contribution in [0.3, 0.4) is 0 Å². The summed E-state index contributed by atoms with van der Waals surface area (Å²) in [6.07, 6.45) is 1.63. The highest BCUT2D eigenvalue weighted by Crippen LogP contribution is 2.37. The fourth-order valence-electron chi connectivity index (χ4n) is 3.15. The fourth-order valence-corrected chi connectivity index (χ4v) is 3.15. The van der Waals surface area contributed by atoms with Crippen molar-refractivity contribution in [2.45, 2.75) is 32.3 Å².